The first-order valence-electron chi connectivity index (χ1n) is 6.15. The summed E-state index contributed by atoms with van der Waals surface area (Å²) in [5, 5.41) is 4.20. The van der Waals surface area contributed by atoms with Crippen LogP contribution in [0.4, 0.5) is 4.39 Å². The summed E-state index contributed by atoms with van der Waals surface area (Å²) in [6.45, 7) is 4.63. The van der Waals surface area contributed by atoms with Crippen molar-refractivity contribution in [3.63, 3.8) is 0 Å². The van der Waals surface area contributed by atoms with Gasteiger partial charge in [0.1, 0.15) is 17.3 Å². The number of rotatable bonds is 5. The maximum absolute atomic E-state index is 13.7. The van der Waals surface area contributed by atoms with Gasteiger partial charge in [-0.25, -0.2) is 9.07 Å². The lowest BCUT2D eigenvalue weighted by molar-refractivity contribution is 0.308. The van der Waals surface area contributed by atoms with Crippen molar-refractivity contribution < 1.29 is 9.13 Å². The minimum Gasteiger partial charge on any atom is -0.494 e. The van der Waals surface area contributed by atoms with Crippen molar-refractivity contribution in [1.29, 1.82) is 0 Å². The minimum absolute atomic E-state index is 0.305. The molecule has 0 spiro atoms. The van der Waals surface area contributed by atoms with Gasteiger partial charge in [-0.05, 0) is 31.5 Å². The van der Waals surface area contributed by atoms with E-state index in [1.54, 1.807) is 18.3 Å². The van der Waals surface area contributed by atoms with E-state index in [9.17, 15) is 4.39 Å². The molecule has 0 radical (unpaired) electrons. The lowest BCUT2D eigenvalue weighted by atomic mass is 10.3. The molecule has 0 N–H and O–H groups in total. The highest BCUT2D eigenvalue weighted by molar-refractivity contribution is 5.40. The van der Waals surface area contributed by atoms with Gasteiger partial charge in [-0.2, -0.15) is 5.10 Å². The molecule has 0 aliphatic heterocycles. The number of hydrogen-bond acceptors (Lipinski definition) is 2. The molecule has 18 heavy (non-hydrogen) atoms. The third kappa shape index (κ3) is 2.88. The summed E-state index contributed by atoms with van der Waals surface area (Å²) < 4.78 is 20.8. The summed E-state index contributed by atoms with van der Waals surface area (Å²) in [5.74, 6) is 0.369. The smallest absolute Gasteiger partial charge is 0.149 e. The number of nitrogens with zero attached hydrogens (tertiary/aromatic N) is 2. The minimum atomic E-state index is -0.305. The maximum atomic E-state index is 13.7. The van der Waals surface area contributed by atoms with Gasteiger partial charge in [0.2, 0.25) is 0 Å². The quantitative estimate of drug-likeness (QED) is 0.757. The highest BCUT2D eigenvalue weighted by atomic mass is 19.1. The van der Waals surface area contributed by atoms with Crippen molar-refractivity contribution in [3.05, 3.63) is 42.0 Å². The van der Waals surface area contributed by atoms with E-state index < -0.39 is 0 Å². The number of halogens is 1. The largest absolute Gasteiger partial charge is 0.494 e. The average molecular weight is 248 g/mol. The normalized spacial score (nSPS) is 10.6. The van der Waals surface area contributed by atoms with E-state index in [1.807, 2.05) is 13.0 Å². The van der Waals surface area contributed by atoms with Crippen molar-refractivity contribution in [3.8, 4) is 11.4 Å². The highest BCUT2D eigenvalue weighted by Gasteiger charge is 2.07. The topological polar surface area (TPSA) is 27.1 Å². The zero-order valence-electron chi connectivity index (χ0n) is 10.7. The van der Waals surface area contributed by atoms with Gasteiger partial charge in [0, 0.05) is 12.3 Å². The predicted molar refractivity (Wildman–Crippen MR) is 68.7 cm³/mol. The number of ether oxygens (including phenoxy) is 1. The van der Waals surface area contributed by atoms with Crippen LogP contribution >= 0.6 is 0 Å². The predicted octanol–water partition coefficient (Wildman–Crippen LogP) is 3.50. The van der Waals surface area contributed by atoms with Crippen molar-refractivity contribution >= 4 is 0 Å². The first kappa shape index (κ1) is 12.6. The summed E-state index contributed by atoms with van der Waals surface area (Å²) in [6, 6.07) is 6.57. The molecule has 0 aliphatic carbocycles. The first-order chi connectivity index (χ1) is 8.70. The Morgan fingerprint density at radius 2 is 2.17 bits per heavy atom. The second kappa shape index (κ2) is 5.67. The summed E-state index contributed by atoms with van der Waals surface area (Å²) in [5.41, 5.74) is 1.27. The van der Waals surface area contributed by atoms with Crippen LogP contribution in [0.2, 0.25) is 0 Å². The average Bonchev–Trinajstić information content (AvgIpc) is 2.78. The van der Waals surface area contributed by atoms with Crippen LogP contribution in [0, 0.1) is 12.7 Å². The third-order valence-electron chi connectivity index (χ3n) is 2.65. The van der Waals surface area contributed by atoms with Gasteiger partial charge in [-0.3, -0.25) is 0 Å². The van der Waals surface area contributed by atoms with Gasteiger partial charge in [0.25, 0.3) is 0 Å². The first-order valence-corrected chi connectivity index (χ1v) is 6.15. The van der Waals surface area contributed by atoms with Gasteiger partial charge in [0.15, 0.2) is 0 Å². The lowest BCUT2D eigenvalue weighted by Gasteiger charge is -2.08. The van der Waals surface area contributed by atoms with E-state index in [0.29, 0.717) is 18.0 Å². The van der Waals surface area contributed by atoms with E-state index in [1.165, 1.54) is 10.7 Å². The molecule has 0 atom stereocenters. The zero-order chi connectivity index (χ0) is 13.0. The molecule has 4 heteroatoms. The molecule has 0 unspecified atom stereocenters. The molecule has 3 nitrogen and oxygen atoms in total. The molecule has 0 saturated heterocycles. The van der Waals surface area contributed by atoms with E-state index >= 15 is 0 Å². The lowest BCUT2D eigenvalue weighted by Crippen LogP contribution is -2.01. The number of hydrogen-bond donors (Lipinski definition) is 0. The van der Waals surface area contributed by atoms with E-state index in [-0.39, 0.29) is 5.82 Å². The van der Waals surface area contributed by atoms with Gasteiger partial charge < -0.3 is 4.74 Å². The number of aryl methyl sites for hydroxylation is 1. The Labute approximate surface area is 106 Å². The van der Waals surface area contributed by atoms with Crippen molar-refractivity contribution in [2.75, 3.05) is 6.61 Å². The van der Waals surface area contributed by atoms with Crippen LogP contribution in [-0.2, 0) is 0 Å². The second-order valence-electron chi connectivity index (χ2n) is 4.22. The van der Waals surface area contributed by atoms with Gasteiger partial charge in [-0.1, -0.05) is 13.3 Å². The molecule has 1 aromatic heterocycles. The molecule has 2 aromatic rings. The molecule has 96 valence electrons. The summed E-state index contributed by atoms with van der Waals surface area (Å²) >= 11 is 0. The fraction of sp³-hybridized carbons (Fsp3) is 0.357. The molecule has 2 rings (SSSR count). The second-order valence-corrected chi connectivity index (χ2v) is 4.22. The Bertz CT molecular complexity index is 522. The van der Waals surface area contributed by atoms with E-state index in [0.717, 1.165) is 18.5 Å². The van der Waals surface area contributed by atoms with Gasteiger partial charge in [0.05, 0.1) is 12.3 Å². The molecule has 0 saturated carbocycles. The van der Waals surface area contributed by atoms with Crippen LogP contribution in [0.15, 0.2) is 30.5 Å². The summed E-state index contributed by atoms with van der Waals surface area (Å²) in [4.78, 5) is 0. The fourth-order valence-corrected chi connectivity index (χ4v) is 1.64. The monoisotopic (exact) mass is 248 g/mol. The molecule has 1 aromatic carbocycles. The molecular weight excluding hydrogens is 231 g/mol. The Morgan fingerprint density at radius 1 is 1.33 bits per heavy atom. The standard InChI is InChI=1S/C14H17FN2O/c1-3-4-9-18-12-5-6-13(15)14(10-12)17-8-7-11(2)16-17/h5-8,10H,3-4,9H2,1-2H3. The van der Waals surface area contributed by atoms with Crippen LogP contribution in [0.5, 0.6) is 5.75 Å². The maximum Gasteiger partial charge on any atom is 0.149 e. The number of aromatic nitrogens is 2. The number of unbranched alkanes of at least 4 members (excludes halogenated alkanes) is 1. The van der Waals surface area contributed by atoms with Crippen LogP contribution in [-0.4, -0.2) is 16.4 Å². The molecule has 0 aliphatic rings. The SMILES string of the molecule is CCCCOc1ccc(F)c(-n2ccc(C)n2)c1. The fourth-order valence-electron chi connectivity index (χ4n) is 1.64. The van der Waals surface area contributed by atoms with Crippen LogP contribution in [0.25, 0.3) is 5.69 Å². The van der Waals surface area contributed by atoms with Crippen molar-refractivity contribution in [1.82, 2.24) is 9.78 Å². The number of benzene rings is 1. The summed E-state index contributed by atoms with van der Waals surface area (Å²) in [7, 11) is 0. The molecular formula is C14H17FN2O. The van der Waals surface area contributed by atoms with Gasteiger partial charge >= 0.3 is 0 Å². The van der Waals surface area contributed by atoms with E-state index in [2.05, 4.69) is 12.0 Å². The van der Waals surface area contributed by atoms with Crippen molar-refractivity contribution in [2.45, 2.75) is 26.7 Å². The molecule has 1 heterocycles. The molecule has 0 bridgehead atoms. The molecule has 0 amide bonds. The van der Waals surface area contributed by atoms with Crippen LogP contribution < -0.4 is 4.74 Å². The Hall–Kier alpha value is -1.84. The van der Waals surface area contributed by atoms with Gasteiger partial charge in [-0.15, -0.1) is 0 Å². The third-order valence-corrected chi connectivity index (χ3v) is 2.65. The zero-order valence-corrected chi connectivity index (χ0v) is 10.7. The Balaban J connectivity index is 2.21. The van der Waals surface area contributed by atoms with Crippen LogP contribution in [0.1, 0.15) is 25.5 Å². The Morgan fingerprint density at radius 3 is 2.83 bits per heavy atom. The highest BCUT2D eigenvalue weighted by Crippen LogP contribution is 2.20. The summed E-state index contributed by atoms with van der Waals surface area (Å²) in [6.07, 6.45) is 3.81. The molecule has 0 fully saturated rings. The van der Waals surface area contributed by atoms with Crippen molar-refractivity contribution in [2.24, 2.45) is 0 Å². The van der Waals surface area contributed by atoms with E-state index in [4.69, 9.17) is 4.74 Å². The Kier molecular flexibility index (Phi) is 3.97. The van der Waals surface area contributed by atoms with Crippen LogP contribution in [0.3, 0.4) is 0 Å².